The molecule has 1 aliphatic heterocycles. The van der Waals surface area contributed by atoms with E-state index >= 15 is 0 Å². The van der Waals surface area contributed by atoms with E-state index in [2.05, 4.69) is 31.0 Å². The van der Waals surface area contributed by atoms with E-state index in [-0.39, 0.29) is 0 Å². The van der Waals surface area contributed by atoms with Crippen LogP contribution in [0.15, 0.2) is 0 Å². The Morgan fingerprint density at radius 2 is 2.00 bits per heavy atom. The van der Waals surface area contributed by atoms with Crippen LogP contribution in [0.25, 0.3) is 0 Å². The van der Waals surface area contributed by atoms with Gasteiger partial charge in [-0.2, -0.15) is 0 Å². The van der Waals surface area contributed by atoms with Crippen molar-refractivity contribution >= 4 is 0 Å². The van der Waals surface area contributed by atoms with Crippen molar-refractivity contribution in [1.29, 1.82) is 0 Å². The molecule has 2 rings (SSSR count). The number of likely N-dealkylation sites (tertiary alicyclic amines) is 1. The second kappa shape index (κ2) is 4.84. The minimum absolute atomic E-state index is 0.762. The zero-order valence-corrected chi connectivity index (χ0v) is 10.5. The van der Waals surface area contributed by atoms with Crippen molar-refractivity contribution in [3.63, 3.8) is 0 Å². The number of likely N-dealkylation sites (N-methyl/N-ethyl adjacent to an activating group) is 1. The van der Waals surface area contributed by atoms with Gasteiger partial charge in [-0.1, -0.05) is 20.8 Å². The SMILES string of the molecule is CCNC1CCN(C2CCC(C)C2C)C1. The van der Waals surface area contributed by atoms with Crippen molar-refractivity contribution in [2.75, 3.05) is 19.6 Å². The predicted molar refractivity (Wildman–Crippen MR) is 65.0 cm³/mol. The summed E-state index contributed by atoms with van der Waals surface area (Å²) >= 11 is 0. The molecule has 0 radical (unpaired) electrons. The van der Waals surface area contributed by atoms with Gasteiger partial charge in [-0.15, -0.1) is 0 Å². The van der Waals surface area contributed by atoms with Crippen LogP contribution in [-0.2, 0) is 0 Å². The maximum absolute atomic E-state index is 3.58. The van der Waals surface area contributed by atoms with Crippen LogP contribution in [0.2, 0.25) is 0 Å². The van der Waals surface area contributed by atoms with Gasteiger partial charge in [-0.05, 0) is 37.6 Å². The molecule has 1 saturated heterocycles. The highest BCUT2D eigenvalue weighted by atomic mass is 15.2. The topological polar surface area (TPSA) is 15.3 Å². The minimum atomic E-state index is 0.762. The third-order valence-corrected chi connectivity index (χ3v) is 4.60. The molecule has 1 N–H and O–H groups in total. The van der Waals surface area contributed by atoms with E-state index in [9.17, 15) is 0 Å². The molecule has 4 unspecified atom stereocenters. The molecule has 1 aliphatic carbocycles. The van der Waals surface area contributed by atoms with Gasteiger partial charge in [0, 0.05) is 25.2 Å². The second-order valence-electron chi connectivity index (χ2n) is 5.52. The zero-order valence-electron chi connectivity index (χ0n) is 10.5. The first kappa shape index (κ1) is 11.4. The summed E-state index contributed by atoms with van der Waals surface area (Å²) in [6.07, 6.45) is 4.22. The average Bonchev–Trinajstić information content (AvgIpc) is 2.77. The molecule has 1 saturated carbocycles. The molecule has 0 aromatic carbocycles. The van der Waals surface area contributed by atoms with Crippen LogP contribution >= 0.6 is 0 Å². The minimum Gasteiger partial charge on any atom is -0.313 e. The Balaban J connectivity index is 1.85. The quantitative estimate of drug-likeness (QED) is 0.767. The maximum Gasteiger partial charge on any atom is 0.0207 e. The van der Waals surface area contributed by atoms with E-state index in [4.69, 9.17) is 0 Å². The van der Waals surface area contributed by atoms with Crippen molar-refractivity contribution in [2.45, 2.75) is 52.1 Å². The summed E-state index contributed by atoms with van der Waals surface area (Å²) in [5, 5.41) is 3.58. The average molecular weight is 210 g/mol. The molecule has 2 heteroatoms. The summed E-state index contributed by atoms with van der Waals surface area (Å²) in [7, 11) is 0. The van der Waals surface area contributed by atoms with Crippen LogP contribution in [0.1, 0.15) is 40.0 Å². The number of hydrogen-bond donors (Lipinski definition) is 1. The van der Waals surface area contributed by atoms with Crippen molar-refractivity contribution in [1.82, 2.24) is 10.2 Å². The van der Waals surface area contributed by atoms with Crippen LogP contribution in [0, 0.1) is 11.8 Å². The number of nitrogens with one attached hydrogen (secondary N) is 1. The largest absolute Gasteiger partial charge is 0.313 e. The fourth-order valence-electron chi connectivity index (χ4n) is 3.40. The van der Waals surface area contributed by atoms with Crippen molar-refractivity contribution < 1.29 is 0 Å². The molecule has 2 nitrogen and oxygen atoms in total. The van der Waals surface area contributed by atoms with Crippen molar-refractivity contribution in [2.24, 2.45) is 11.8 Å². The predicted octanol–water partition coefficient (Wildman–Crippen LogP) is 2.10. The fraction of sp³-hybridized carbons (Fsp3) is 1.00. The molecule has 0 aromatic rings. The van der Waals surface area contributed by atoms with E-state index in [1.54, 1.807) is 0 Å². The Bertz CT molecular complexity index is 205. The lowest BCUT2D eigenvalue weighted by Crippen LogP contribution is -2.39. The molecule has 4 atom stereocenters. The van der Waals surface area contributed by atoms with Gasteiger partial charge in [0.25, 0.3) is 0 Å². The summed E-state index contributed by atoms with van der Waals surface area (Å²) in [6, 6.07) is 1.64. The molecule has 0 spiro atoms. The highest BCUT2D eigenvalue weighted by molar-refractivity contribution is 4.92. The van der Waals surface area contributed by atoms with Gasteiger partial charge >= 0.3 is 0 Å². The van der Waals surface area contributed by atoms with E-state index < -0.39 is 0 Å². The number of hydrogen-bond acceptors (Lipinski definition) is 2. The fourth-order valence-corrected chi connectivity index (χ4v) is 3.40. The Labute approximate surface area is 94.4 Å². The molecular weight excluding hydrogens is 184 g/mol. The molecule has 1 heterocycles. The normalized spacial score (nSPS) is 42.6. The zero-order chi connectivity index (χ0) is 10.8. The van der Waals surface area contributed by atoms with Crippen molar-refractivity contribution in [3.8, 4) is 0 Å². The van der Waals surface area contributed by atoms with E-state index in [0.29, 0.717) is 0 Å². The van der Waals surface area contributed by atoms with Crippen LogP contribution in [0.3, 0.4) is 0 Å². The van der Waals surface area contributed by atoms with Gasteiger partial charge in [-0.3, -0.25) is 4.90 Å². The van der Waals surface area contributed by atoms with Crippen molar-refractivity contribution in [3.05, 3.63) is 0 Å². The molecular formula is C13H26N2. The first-order valence-electron chi connectivity index (χ1n) is 6.69. The monoisotopic (exact) mass is 210 g/mol. The lowest BCUT2D eigenvalue weighted by atomic mass is 9.97. The van der Waals surface area contributed by atoms with Crippen LogP contribution < -0.4 is 5.32 Å². The first-order chi connectivity index (χ1) is 7.22. The second-order valence-corrected chi connectivity index (χ2v) is 5.52. The first-order valence-corrected chi connectivity index (χ1v) is 6.69. The van der Waals surface area contributed by atoms with Gasteiger partial charge in [0.15, 0.2) is 0 Å². The highest BCUT2D eigenvalue weighted by Crippen LogP contribution is 2.35. The number of nitrogens with zero attached hydrogens (tertiary/aromatic N) is 1. The van der Waals surface area contributed by atoms with Gasteiger partial charge in [0.1, 0.15) is 0 Å². The Kier molecular flexibility index (Phi) is 3.68. The van der Waals surface area contributed by atoms with Crippen LogP contribution in [-0.4, -0.2) is 36.6 Å². The molecule has 0 bridgehead atoms. The molecule has 15 heavy (non-hydrogen) atoms. The Morgan fingerprint density at radius 3 is 2.60 bits per heavy atom. The summed E-state index contributed by atoms with van der Waals surface area (Å²) < 4.78 is 0. The Hall–Kier alpha value is -0.0800. The molecule has 0 amide bonds. The molecule has 2 fully saturated rings. The van der Waals surface area contributed by atoms with E-state index in [1.165, 1.54) is 32.4 Å². The van der Waals surface area contributed by atoms with Crippen LogP contribution in [0.5, 0.6) is 0 Å². The van der Waals surface area contributed by atoms with E-state index in [1.807, 2.05) is 0 Å². The van der Waals surface area contributed by atoms with Gasteiger partial charge in [0.2, 0.25) is 0 Å². The van der Waals surface area contributed by atoms with Crippen LogP contribution in [0.4, 0.5) is 0 Å². The highest BCUT2D eigenvalue weighted by Gasteiger charge is 2.36. The smallest absolute Gasteiger partial charge is 0.0207 e. The molecule has 0 aromatic heterocycles. The summed E-state index contributed by atoms with van der Waals surface area (Å²) in [6.45, 7) is 10.8. The summed E-state index contributed by atoms with van der Waals surface area (Å²) in [5.74, 6) is 1.85. The van der Waals surface area contributed by atoms with E-state index in [0.717, 1.165) is 30.5 Å². The van der Waals surface area contributed by atoms with Gasteiger partial charge in [0.05, 0.1) is 0 Å². The molecule has 2 aliphatic rings. The van der Waals surface area contributed by atoms with Gasteiger partial charge < -0.3 is 5.32 Å². The molecule has 88 valence electrons. The Morgan fingerprint density at radius 1 is 1.20 bits per heavy atom. The maximum atomic E-state index is 3.58. The van der Waals surface area contributed by atoms with Gasteiger partial charge in [-0.25, -0.2) is 0 Å². The summed E-state index contributed by atoms with van der Waals surface area (Å²) in [5.41, 5.74) is 0. The third-order valence-electron chi connectivity index (χ3n) is 4.60. The third kappa shape index (κ3) is 2.36. The number of rotatable bonds is 3. The lowest BCUT2D eigenvalue weighted by Gasteiger charge is -2.28. The summed E-state index contributed by atoms with van der Waals surface area (Å²) in [4.78, 5) is 2.74. The lowest BCUT2D eigenvalue weighted by molar-refractivity contribution is 0.188. The standard InChI is InChI=1S/C13H26N2/c1-4-14-12-7-8-15(9-12)13-6-5-10(2)11(13)3/h10-14H,4-9H2,1-3H3.